The number of hydrogen-bond donors (Lipinski definition) is 1. The normalized spacial score (nSPS) is 17.7. The van der Waals surface area contributed by atoms with E-state index >= 15 is 0 Å². The van der Waals surface area contributed by atoms with Crippen LogP contribution in [0.25, 0.3) is 0 Å². The summed E-state index contributed by atoms with van der Waals surface area (Å²) in [6.07, 6.45) is 1.33. The molecule has 2 amide bonds. The summed E-state index contributed by atoms with van der Waals surface area (Å²) < 4.78 is 13.0. The molecule has 1 aliphatic rings. The lowest BCUT2D eigenvalue weighted by Crippen LogP contribution is -2.50. The molecule has 0 aliphatic carbocycles. The maximum absolute atomic E-state index is 13.0. The second-order valence-corrected chi connectivity index (χ2v) is 6.16. The molecule has 1 saturated heterocycles. The summed E-state index contributed by atoms with van der Waals surface area (Å²) >= 11 is 0. The van der Waals surface area contributed by atoms with E-state index in [1.165, 1.54) is 12.1 Å². The van der Waals surface area contributed by atoms with Crippen molar-refractivity contribution in [2.24, 2.45) is 5.92 Å². The average molecular weight is 306 g/mol. The van der Waals surface area contributed by atoms with E-state index in [2.05, 4.69) is 5.32 Å². The number of carbonyl (C=O) groups excluding carboxylic acids is 2. The molecule has 2 atom stereocenters. The first kappa shape index (κ1) is 16.5. The molecule has 0 radical (unpaired) electrons. The van der Waals surface area contributed by atoms with Gasteiger partial charge in [-0.25, -0.2) is 4.39 Å². The first-order valence-corrected chi connectivity index (χ1v) is 7.75. The van der Waals surface area contributed by atoms with E-state index in [-0.39, 0.29) is 29.6 Å². The van der Waals surface area contributed by atoms with Crippen LogP contribution in [0.3, 0.4) is 0 Å². The first-order valence-electron chi connectivity index (χ1n) is 7.75. The minimum atomic E-state index is -0.446. The molecule has 0 unspecified atom stereocenters. The fourth-order valence-corrected chi connectivity index (χ4v) is 2.90. The molecule has 0 spiro atoms. The van der Waals surface area contributed by atoms with Crippen molar-refractivity contribution in [2.45, 2.75) is 45.7 Å². The standard InChI is InChI=1S/C17H23FN2O2/c1-11(2)16(20-10-4-5-15(20)21)17(22)19-12(3)13-6-8-14(18)9-7-13/h6-9,11-12,16H,4-5,10H2,1-3H3,(H,19,22)/t12-,16-/m1/s1. The largest absolute Gasteiger partial charge is 0.348 e. The highest BCUT2D eigenvalue weighted by Gasteiger charge is 2.35. The average Bonchev–Trinajstić information content (AvgIpc) is 2.85. The van der Waals surface area contributed by atoms with Gasteiger partial charge in [0.25, 0.3) is 0 Å². The monoisotopic (exact) mass is 306 g/mol. The van der Waals surface area contributed by atoms with E-state index in [4.69, 9.17) is 0 Å². The second-order valence-electron chi connectivity index (χ2n) is 6.16. The highest BCUT2D eigenvalue weighted by molar-refractivity contribution is 5.89. The van der Waals surface area contributed by atoms with E-state index in [1.807, 2.05) is 20.8 Å². The van der Waals surface area contributed by atoms with E-state index in [0.29, 0.717) is 13.0 Å². The van der Waals surface area contributed by atoms with Crippen LogP contribution in [0.5, 0.6) is 0 Å². The minimum Gasteiger partial charge on any atom is -0.348 e. The molecule has 0 bridgehead atoms. The number of halogens is 1. The third kappa shape index (κ3) is 3.64. The Morgan fingerprint density at radius 2 is 1.86 bits per heavy atom. The molecule has 2 rings (SSSR count). The third-order valence-corrected chi connectivity index (χ3v) is 4.07. The summed E-state index contributed by atoms with van der Waals surface area (Å²) in [5.74, 6) is -0.363. The van der Waals surface area contributed by atoms with Crippen molar-refractivity contribution in [3.05, 3.63) is 35.6 Å². The zero-order valence-corrected chi connectivity index (χ0v) is 13.3. The maximum Gasteiger partial charge on any atom is 0.243 e. The highest BCUT2D eigenvalue weighted by Crippen LogP contribution is 2.21. The quantitative estimate of drug-likeness (QED) is 0.909. The van der Waals surface area contributed by atoms with Crippen LogP contribution in [0, 0.1) is 11.7 Å². The molecular weight excluding hydrogens is 283 g/mol. The molecule has 1 aliphatic heterocycles. The Hall–Kier alpha value is -1.91. The summed E-state index contributed by atoms with van der Waals surface area (Å²) in [6, 6.07) is 5.39. The van der Waals surface area contributed by atoms with Gasteiger partial charge in [0.05, 0.1) is 6.04 Å². The van der Waals surface area contributed by atoms with Crippen LogP contribution in [0.1, 0.15) is 45.2 Å². The zero-order valence-electron chi connectivity index (χ0n) is 13.3. The summed E-state index contributed by atoms with van der Waals surface area (Å²) in [5, 5.41) is 2.94. The van der Waals surface area contributed by atoms with Gasteiger partial charge >= 0.3 is 0 Å². The van der Waals surface area contributed by atoms with E-state index in [9.17, 15) is 14.0 Å². The van der Waals surface area contributed by atoms with Gasteiger partial charge < -0.3 is 10.2 Å². The Morgan fingerprint density at radius 3 is 2.36 bits per heavy atom. The zero-order chi connectivity index (χ0) is 16.3. The fourth-order valence-electron chi connectivity index (χ4n) is 2.90. The number of carbonyl (C=O) groups is 2. The molecule has 120 valence electrons. The second kappa shape index (κ2) is 6.90. The topological polar surface area (TPSA) is 49.4 Å². The van der Waals surface area contributed by atoms with Crippen LogP contribution in [0.2, 0.25) is 0 Å². The number of hydrogen-bond acceptors (Lipinski definition) is 2. The Bertz CT molecular complexity index is 542. The Kier molecular flexibility index (Phi) is 5.16. The van der Waals surface area contributed by atoms with Gasteiger partial charge in [0.1, 0.15) is 11.9 Å². The molecule has 1 fully saturated rings. The van der Waals surface area contributed by atoms with E-state index in [0.717, 1.165) is 12.0 Å². The number of amides is 2. The molecule has 4 nitrogen and oxygen atoms in total. The molecule has 0 aromatic heterocycles. The smallest absolute Gasteiger partial charge is 0.243 e. The Labute approximate surface area is 130 Å². The molecule has 1 aromatic rings. The predicted octanol–water partition coefficient (Wildman–Crippen LogP) is 2.65. The number of likely N-dealkylation sites (tertiary alicyclic amines) is 1. The molecule has 1 aromatic carbocycles. The van der Waals surface area contributed by atoms with Crippen LogP contribution in [0.15, 0.2) is 24.3 Å². The fraction of sp³-hybridized carbons (Fsp3) is 0.529. The van der Waals surface area contributed by atoms with E-state index in [1.54, 1.807) is 17.0 Å². The lowest BCUT2D eigenvalue weighted by Gasteiger charge is -2.31. The molecular formula is C17H23FN2O2. The van der Waals surface area contributed by atoms with Gasteiger partial charge in [0.2, 0.25) is 11.8 Å². The van der Waals surface area contributed by atoms with Crippen LogP contribution >= 0.6 is 0 Å². The summed E-state index contributed by atoms with van der Waals surface area (Å²) in [4.78, 5) is 26.2. The Balaban J connectivity index is 2.07. The first-order chi connectivity index (χ1) is 10.4. The van der Waals surface area contributed by atoms with Crippen molar-refractivity contribution in [2.75, 3.05) is 6.54 Å². The van der Waals surface area contributed by atoms with Crippen LogP contribution in [-0.2, 0) is 9.59 Å². The van der Waals surface area contributed by atoms with Gasteiger partial charge in [0.15, 0.2) is 0 Å². The van der Waals surface area contributed by atoms with Gasteiger partial charge in [0, 0.05) is 13.0 Å². The Morgan fingerprint density at radius 1 is 1.23 bits per heavy atom. The van der Waals surface area contributed by atoms with Crippen molar-refractivity contribution in [1.82, 2.24) is 10.2 Å². The van der Waals surface area contributed by atoms with Crippen molar-refractivity contribution in [3.8, 4) is 0 Å². The van der Waals surface area contributed by atoms with E-state index < -0.39 is 6.04 Å². The van der Waals surface area contributed by atoms with Gasteiger partial charge in [-0.1, -0.05) is 26.0 Å². The summed E-state index contributed by atoms with van der Waals surface area (Å²) in [6.45, 7) is 6.38. The maximum atomic E-state index is 13.0. The summed E-state index contributed by atoms with van der Waals surface area (Å²) in [5.41, 5.74) is 0.838. The third-order valence-electron chi connectivity index (χ3n) is 4.07. The minimum absolute atomic E-state index is 0.0440. The summed E-state index contributed by atoms with van der Waals surface area (Å²) in [7, 11) is 0. The number of benzene rings is 1. The van der Waals surface area contributed by atoms with Crippen LogP contribution in [-0.4, -0.2) is 29.3 Å². The number of nitrogens with one attached hydrogen (secondary N) is 1. The lowest BCUT2D eigenvalue weighted by molar-refractivity contribution is -0.139. The molecule has 1 N–H and O–H groups in total. The predicted molar refractivity (Wildman–Crippen MR) is 82.5 cm³/mol. The van der Waals surface area contributed by atoms with Crippen molar-refractivity contribution < 1.29 is 14.0 Å². The SMILES string of the molecule is CC(C)[C@H](C(=O)N[C@H](C)c1ccc(F)cc1)N1CCCC1=O. The van der Waals surface area contributed by atoms with Gasteiger partial charge in [-0.05, 0) is 37.0 Å². The van der Waals surface area contributed by atoms with Crippen molar-refractivity contribution in [1.29, 1.82) is 0 Å². The van der Waals surface area contributed by atoms with Gasteiger partial charge in [-0.15, -0.1) is 0 Å². The van der Waals surface area contributed by atoms with Crippen LogP contribution < -0.4 is 5.32 Å². The molecule has 5 heteroatoms. The lowest BCUT2D eigenvalue weighted by atomic mass is 10.0. The molecule has 0 saturated carbocycles. The molecule has 1 heterocycles. The highest BCUT2D eigenvalue weighted by atomic mass is 19.1. The van der Waals surface area contributed by atoms with Gasteiger partial charge in [-0.2, -0.15) is 0 Å². The van der Waals surface area contributed by atoms with Crippen molar-refractivity contribution in [3.63, 3.8) is 0 Å². The van der Waals surface area contributed by atoms with Crippen LogP contribution in [0.4, 0.5) is 4.39 Å². The number of rotatable bonds is 5. The van der Waals surface area contributed by atoms with Gasteiger partial charge in [-0.3, -0.25) is 9.59 Å². The molecule has 22 heavy (non-hydrogen) atoms. The van der Waals surface area contributed by atoms with Crippen molar-refractivity contribution >= 4 is 11.8 Å². The number of nitrogens with zero attached hydrogens (tertiary/aromatic N) is 1.